The Bertz CT molecular complexity index is 784. The first-order chi connectivity index (χ1) is 10.9. The van der Waals surface area contributed by atoms with Crippen molar-refractivity contribution < 1.29 is 19.6 Å². The van der Waals surface area contributed by atoms with Gasteiger partial charge in [0.25, 0.3) is 0 Å². The van der Waals surface area contributed by atoms with Crippen LogP contribution in [-0.2, 0) is 0 Å². The lowest BCUT2D eigenvalue weighted by Gasteiger charge is -2.03. The highest BCUT2D eigenvalue weighted by Gasteiger charge is 2.21. The number of hydrogen-bond acceptors (Lipinski definition) is 5. The summed E-state index contributed by atoms with van der Waals surface area (Å²) in [6.07, 6.45) is 2.73. The second-order valence-electron chi connectivity index (χ2n) is 4.55. The first kappa shape index (κ1) is 16.5. The Labute approximate surface area is 136 Å². The van der Waals surface area contributed by atoms with Gasteiger partial charge >= 0.3 is 5.69 Å². The van der Waals surface area contributed by atoms with Gasteiger partial charge in [0.05, 0.1) is 17.6 Å². The van der Waals surface area contributed by atoms with Crippen molar-refractivity contribution in [3.63, 3.8) is 0 Å². The maximum Gasteiger partial charge on any atom is 0.312 e. The lowest BCUT2D eigenvalue weighted by atomic mass is 10.1. The summed E-state index contributed by atoms with van der Waals surface area (Å²) in [7, 11) is 1.54. The van der Waals surface area contributed by atoms with Gasteiger partial charge < -0.3 is 9.84 Å². The number of rotatable bonds is 5. The molecule has 0 radical (unpaired) electrons. The Kier molecular flexibility index (Phi) is 4.98. The van der Waals surface area contributed by atoms with Crippen LogP contribution in [0.5, 0.6) is 11.5 Å². The minimum atomic E-state index is -0.800. The number of benzene rings is 2. The number of nitro groups is 1. The topological polar surface area (TPSA) is 89.7 Å². The lowest BCUT2D eigenvalue weighted by molar-refractivity contribution is -0.385. The van der Waals surface area contributed by atoms with Gasteiger partial charge in [-0.05, 0) is 29.8 Å². The second-order valence-corrected chi connectivity index (χ2v) is 4.99. The lowest BCUT2D eigenvalue weighted by Crippen LogP contribution is -1.98. The molecule has 0 aliphatic rings. The van der Waals surface area contributed by atoms with E-state index in [9.17, 15) is 20.0 Å². The van der Waals surface area contributed by atoms with Crippen LogP contribution in [0.3, 0.4) is 0 Å². The van der Waals surface area contributed by atoms with Gasteiger partial charge in [-0.1, -0.05) is 29.8 Å². The Morgan fingerprint density at radius 2 is 1.96 bits per heavy atom. The third kappa shape index (κ3) is 3.87. The second kappa shape index (κ2) is 6.93. The van der Waals surface area contributed by atoms with Crippen molar-refractivity contribution in [3.05, 3.63) is 68.7 Å². The van der Waals surface area contributed by atoms with Crippen LogP contribution in [0.15, 0.2) is 42.5 Å². The molecule has 2 rings (SSSR count). The molecule has 0 heterocycles. The average molecular weight is 334 g/mol. The third-order valence-electron chi connectivity index (χ3n) is 3.06. The summed E-state index contributed by atoms with van der Waals surface area (Å²) < 4.78 is 5.03. The highest BCUT2D eigenvalue weighted by Crippen LogP contribution is 2.33. The minimum Gasteiger partial charge on any atom is -0.502 e. The maximum atomic E-state index is 12.1. The van der Waals surface area contributed by atoms with E-state index in [1.807, 2.05) is 0 Å². The van der Waals surface area contributed by atoms with Crippen molar-refractivity contribution in [1.82, 2.24) is 0 Å². The zero-order valence-corrected chi connectivity index (χ0v) is 12.8. The largest absolute Gasteiger partial charge is 0.502 e. The summed E-state index contributed by atoms with van der Waals surface area (Å²) in [5.74, 6) is -0.621. The monoisotopic (exact) mass is 333 g/mol. The zero-order valence-electron chi connectivity index (χ0n) is 12.0. The number of phenols is 1. The Morgan fingerprint density at radius 3 is 2.52 bits per heavy atom. The Hall–Kier alpha value is -2.86. The van der Waals surface area contributed by atoms with E-state index >= 15 is 0 Å². The maximum absolute atomic E-state index is 12.1. The predicted octanol–water partition coefficient (Wildman–Crippen LogP) is 3.86. The van der Waals surface area contributed by atoms with Gasteiger partial charge in [0.2, 0.25) is 5.75 Å². The smallest absolute Gasteiger partial charge is 0.312 e. The summed E-state index contributed by atoms with van der Waals surface area (Å²) in [6, 6.07) is 9.11. The van der Waals surface area contributed by atoms with E-state index in [2.05, 4.69) is 0 Å². The number of allylic oxidation sites excluding steroid dienone is 1. The number of halogens is 1. The van der Waals surface area contributed by atoms with E-state index in [0.29, 0.717) is 5.75 Å². The molecule has 118 valence electrons. The SMILES string of the molecule is COc1ccc(/C=C/C(=O)c2cc(Cl)cc([N+](=O)[O-])c2O)cc1. The van der Waals surface area contributed by atoms with Gasteiger partial charge in [-0.2, -0.15) is 0 Å². The van der Waals surface area contributed by atoms with Gasteiger partial charge in [0.15, 0.2) is 5.78 Å². The van der Waals surface area contributed by atoms with Crippen molar-refractivity contribution in [1.29, 1.82) is 0 Å². The number of nitro benzene ring substituents is 1. The number of hydrogen-bond donors (Lipinski definition) is 1. The molecule has 0 aliphatic carbocycles. The quantitative estimate of drug-likeness (QED) is 0.388. The van der Waals surface area contributed by atoms with Crippen LogP contribution in [0.25, 0.3) is 6.08 Å². The van der Waals surface area contributed by atoms with Gasteiger partial charge in [0.1, 0.15) is 5.75 Å². The van der Waals surface area contributed by atoms with Crippen LogP contribution in [0.2, 0.25) is 5.02 Å². The fraction of sp³-hybridized carbons (Fsp3) is 0.0625. The molecule has 0 aromatic heterocycles. The number of ether oxygens (including phenoxy) is 1. The van der Waals surface area contributed by atoms with E-state index in [0.717, 1.165) is 11.6 Å². The van der Waals surface area contributed by atoms with Crippen molar-refractivity contribution in [3.8, 4) is 11.5 Å². The molecule has 0 spiro atoms. The molecule has 1 N–H and O–H groups in total. The molecule has 7 heteroatoms. The fourth-order valence-electron chi connectivity index (χ4n) is 1.89. The van der Waals surface area contributed by atoms with Crippen LogP contribution in [0.1, 0.15) is 15.9 Å². The highest BCUT2D eigenvalue weighted by molar-refractivity contribution is 6.31. The third-order valence-corrected chi connectivity index (χ3v) is 3.28. The molecule has 0 fully saturated rings. The van der Waals surface area contributed by atoms with Crippen LogP contribution in [-0.4, -0.2) is 22.9 Å². The number of nitrogens with zero attached hydrogens (tertiary/aromatic N) is 1. The standard InChI is InChI=1S/C16H12ClNO5/c1-23-12-5-2-10(3-6-12)4-7-15(19)13-8-11(17)9-14(16(13)20)18(21)22/h2-9,20H,1H3/b7-4+. The predicted molar refractivity (Wildman–Crippen MR) is 86.1 cm³/mol. The van der Waals surface area contributed by atoms with Crippen LogP contribution < -0.4 is 4.74 Å². The number of carbonyl (C=O) groups excluding carboxylic acids is 1. The molecule has 0 saturated carbocycles. The molecule has 23 heavy (non-hydrogen) atoms. The van der Waals surface area contributed by atoms with E-state index in [1.54, 1.807) is 31.4 Å². The van der Waals surface area contributed by atoms with Crippen LogP contribution in [0.4, 0.5) is 5.69 Å². The first-order valence-corrected chi connectivity index (χ1v) is 6.83. The number of ketones is 1. The molecule has 0 bridgehead atoms. The van der Waals surface area contributed by atoms with Crippen molar-refractivity contribution >= 4 is 29.1 Å². The molecule has 6 nitrogen and oxygen atoms in total. The van der Waals surface area contributed by atoms with Gasteiger partial charge in [-0.25, -0.2) is 0 Å². The van der Waals surface area contributed by atoms with Crippen molar-refractivity contribution in [2.24, 2.45) is 0 Å². The summed E-state index contributed by atoms with van der Waals surface area (Å²) in [5, 5.41) is 20.7. The molecule has 0 amide bonds. The van der Waals surface area contributed by atoms with Gasteiger partial charge in [-0.3, -0.25) is 14.9 Å². The van der Waals surface area contributed by atoms with Gasteiger partial charge in [0, 0.05) is 11.1 Å². The molecular weight excluding hydrogens is 322 g/mol. The summed E-state index contributed by atoms with van der Waals surface area (Å²) in [6.45, 7) is 0. The minimum absolute atomic E-state index is 0.00398. The molecular formula is C16H12ClNO5. The number of aromatic hydroxyl groups is 1. The normalized spacial score (nSPS) is 10.7. The molecule has 0 aliphatic heterocycles. The van der Waals surface area contributed by atoms with E-state index < -0.39 is 22.1 Å². The number of phenolic OH excluding ortho intramolecular Hbond substituents is 1. The summed E-state index contributed by atoms with van der Waals surface area (Å²) >= 11 is 5.75. The van der Waals surface area contributed by atoms with Gasteiger partial charge in [-0.15, -0.1) is 0 Å². The molecule has 0 unspecified atom stereocenters. The summed E-state index contributed by atoms with van der Waals surface area (Å²) in [4.78, 5) is 22.2. The molecule has 0 atom stereocenters. The van der Waals surface area contributed by atoms with Crippen molar-refractivity contribution in [2.75, 3.05) is 7.11 Å². The number of carbonyl (C=O) groups is 1. The summed E-state index contributed by atoms with van der Waals surface area (Å²) in [5.41, 5.74) is -0.108. The Balaban J connectivity index is 2.29. The van der Waals surface area contributed by atoms with Crippen LogP contribution >= 0.6 is 11.6 Å². The van der Waals surface area contributed by atoms with Crippen molar-refractivity contribution in [2.45, 2.75) is 0 Å². The fourth-order valence-corrected chi connectivity index (χ4v) is 2.10. The van der Waals surface area contributed by atoms with E-state index in [1.165, 1.54) is 18.2 Å². The Morgan fingerprint density at radius 1 is 1.30 bits per heavy atom. The highest BCUT2D eigenvalue weighted by atomic mass is 35.5. The number of methoxy groups -OCH3 is 1. The van der Waals surface area contributed by atoms with Crippen LogP contribution in [0, 0.1) is 10.1 Å². The van der Waals surface area contributed by atoms with E-state index in [-0.39, 0.29) is 10.6 Å². The van der Waals surface area contributed by atoms with E-state index in [4.69, 9.17) is 16.3 Å². The average Bonchev–Trinajstić information content (AvgIpc) is 2.54. The zero-order chi connectivity index (χ0) is 17.0. The molecule has 0 saturated heterocycles. The molecule has 2 aromatic carbocycles. The molecule has 2 aromatic rings. The first-order valence-electron chi connectivity index (χ1n) is 6.45.